The number of oxazole rings is 1. The summed E-state index contributed by atoms with van der Waals surface area (Å²) in [5.74, 6) is -0.0465. The van der Waals surface area contributed by atoms with Gasteiger partial charge in [0.1, 0.15) is 6.26 Å². The van der Waals surface area contributed by atoms with Gasteiger partial charge >= 0.3 is 6.03 Å². The number of anilines is 1. The van der Waals surface area contributed by atoms with Gasteiger partial charge in [0.15, 0.2) is 5.69 Å². The minimum Gasteiger partial charge on any atom is -0.446 e. The largest absolute Gasteiger partial charge is 0.446 e. The Labute approximate surface area is 193 Å². The Morgan fingerprint density at radius 1 is 1.03 bits per heavy atom. The third-order valence-corrected chi connectivity index (χ3v) is 5.02. The van der Waals surface area contributed by atoms with Crippen LogP contribution in [0.15, 0.2) is 53.1 Å². The van der Waals surface area contributed by atoms with Gasteiger partial charge in [-0.25, -0.2) is 9.78 Å². The fourth-order valence-electron chi connectivity index (χ4n) is 3.34. The van der Waals surface area contributed by atoms with Crippen LogP contribution in [0.3, 0.4) is 0 Å². The van der Waals surface area contributed by atoms with Crippen LogP contribution in [0.4, 0.5) is 10.5 Å². The topological polar surface area (TPSA) is 106 Å². The van der Waals surface area contributed by atoms with Crippen LogP contribution in [-0.2, 0) is 16.0 Å². The molecule has 0 saturated heterocycles. The lowest BCUT2D eigenvalue weighted by Crippen LogP contribution is -2.36. The summed E-state index contributed by atoms with van der Waals surface area (Å²) in [4.78, 5) is 31.2. The number of urea groups is 1. The highest BCUT2D eigenvalue weighted by atomic mass is 16.5. The van der Waals surface area contributed by atoms with Crippen molar-refractivity contribution in [3.8, 4) is 0 Å². The van der Waals surface area contributed by atoms with E-state index in [1.165, 1.54) is 6.26 Å². The lowest BCUT2D eigenvalue weighted by molar-refractivity contribution is 0.0943. The molecule has 0 radical (unpaired) electrons. The van der Waals surface area contributed by atoms with Gasteiger partial charge < -0.3 is 29.4 Å². The molecule has 3 rings (SSSR count). The van der Waals surface area contributed by atoms with Crippen LogP contribution in [0.25, 0.3) is 10.8 Å². The van der Waals surface area contributed by atoms with Crippen molar-refractivity contribution in [3.05, 3.63) is 60.3 Å². The molecule has 2 N–H and O–H groups in total. The monoisotopic (exact) mass is 454 g/mol. The van der Waals surface area contributed by atoms with E-state index in [1.54, 1.807) is 19.1 Å². The summed E-state index contributed by atoms with van der Waals surface area (Å²) < 4.78 is 15.6. The minimum atomic E-state index is -0.327. The Balaban J connectivity index is 1.67. The molecule has 0 saturated carbocycles. The first kappa shape index (κ1) is 24.2. The predicted molar refractivity (Wildman–Crippen MR) is 125 cm³/mol. The van der Waals surface area contributed by atoms with Crippen molar-refractivity contribution in [3.63, 3.8) is 0 Å². The Kier molecular flexibility index (Phi) is 9.22. The molecule has 0 unspecified atom stereocenters. The van der Waals surface area contributed by atoms with Crippen LogP contribution >= 0.6 is 0 Å². The SMILES string of the molecule is COCCCNC(=O)c1coc(CN(CCCOC)C(=O)Nc2cccc3ccccc23)n1. The zero-order valence-corrected chi connectivity index (χ0v) is 19.0. The Morgan fingerprint density at radius 3 is 2.61 bits per heavy atom. The number of nitrogens with zero attached hydrogens (tertiary/aromatic N) is 2. The Hall–Kier alpha value is -3.43. The third kappa shape index (κ3) is 7.03. The molecular formula is C24H30N4O5. The number of carbonyl (C=O) groups excluding carboxylic acids is 2. The maximum absolute atomic E-state index is 13.1. The van der Waals surface area contributed by atoms with Crippen molar-refractivity contribution in [1.82, 2.24) is 15.2 Å². The van der Waals surface area contributed by atoms with Crippen LogP contribution in [0, 0.1) is 0 Å². The van der Waals surface area contributed by atoms with E-state index in [0.29, 0.717) is 39.1 Å². The molecule has 9 heteroatoms. The molecule has 9 nitrogen and oxygen atoms in total. The normalized spacial score (nSPS) is 10.8. The lowest BCUT2D eigenvalue weighted by Gasteiger charge is -2.22. The lowest BCUT2D eigenvalue weighted by atomic mass is 10.1. The van der Waals surface area contributed by atoms with Crippen LogP contribution in [0.2, 0.25) is 0 Å². The number of hydrogen-bond donors (Lipinski definition) is 2. The van der Waals surface area contributed by atoms with Gasteiger partial charge in [0.05, 0.1) is 12.2 Å². The van der Waals surface area contributed by atoms with E-state index in [-0.39, 0.29) is 30.1 Å². The summed E-state index contributed by atoms with van der Waals surface area (Å²) in [5, 5.41) is 7.74. The second-order valence-electron chi connectivity index (χ2n) is 7.45. The molecule has 3 aromatic rings. The van der Waals surface area contributed by atoms with Crippen molar-refractivity contribution >= 4 is 28.4 Å². The van der Waals surface area contributed by atoms with Gasteiger partial charge in [0.25, 0.3) is 5.91 Å². The van der Waals surface area contributed by atoms with Crippen molar-refractivity contribution in [2.24, 2.45) is 0 Å². The molecule has 1 heterocycles. The van der Waals surface area contributed by atoms with Gasteiger partial charge in [-0.3, -0.25) is 4.79 Å². The highest BCUT2D eigenvalue weighted by Gasteiger charge is 2.19. The molecule has 0 aliphatic carbocycles. The van der Waals surface area contributed by atoms with Gasteiger partial charge in [-0.05, 0) is 24.3 Å². The first-order valence-electron chi connectivity index (χ1n) is 10.9. The number of amides is 3. The number of hydrogen-bond acceptors (Lipinski definition) is 6. The summed E-state index contributed by atoms with van der Waals surface area (Å²) in [7, 11) is 3.23. The van der Waals surface area contributed by atoms with Crippen LogP contribution in [-0.4, -0.2) is 62.3 Å². The summed E-state index contributed by atoms with van der Waals surface area (Å²) >= 11 is 0. The zero-order valence-electron chi connectivity index (χ0n) is 19.0. The van der Waals surface area contributed by atoms with E-state index in [0.717, 1.165) is 16.5 Å². The fraction of sp³-hybridized carbons (Fsp3) is 0.375. The van der Waals surface area contributed by atoms with E-state index in [4.69, 9.17) is 13.9 Å². The summed E-state index contributed by atoms with van der Waals surface area (Å²) in [6, 6.07) is 13.3. The second-order valence-corrected chi connectivity index (χ2v) is 7.45. The summed E-state index contributed by atoms with van der Waals surface area (Å²) in [6.07, 6.45) is 2.65. The smallest absolute Gasteiger partial charge is 0.322 e. The maximum atomic E-state index is 13.1. The highest BCUT2D eigenvalue weighted by Crippen LogP contribution is 2.23. The van der Waals surface area contributed by atoms with Crippen LogP contribution < -0.4 is 10.6 Å². The first-order chi connectivity index (χ1) is 16.1. The number of methoxy groups -OCH3 is 2. The summed E-state index contributed by atoms with van der Waals surface area (Å²) in [5.41, 5.74) is 0.895. The highest BCUT2D eigenvalue weighted by molar-refractivity contribution is 6.01. The first-order valence-corrected chi connectivity index (χ1v) is 10.9. The van der Waals surface area contributed by atoms with Crippen molar-refractivity contribution in [1.29, 1.82) is 0 Å². The van der Waals surface area contributed by atoms with Gasteiger partial charge in [-0.1, -0.05) is 36.4 Å². The molecule has 0 fully saturated rings. The summed E-state index contributed by atoms with van der Waals surface area (Å²) in [6.45, 7) is 2.11. The maximum Gasteiger partial charge on any atom is 0.322 e. The molecule has 0 aliphatic heterocycles. The quantitative estimate of drug-likeness (QED) is 0.405. The van der Waals surface area contributed by atoms with Gasteiger partial charge in [-0.2, -0.15) is 0 Å². The predicted octanol–water partition coefficient (Wildman–Crippen LogP) is 3.66. The fourth-order valence-corrected chi connectivity index (χ4v) is 3.34. The number of carbonyl (C=O) groups is 2. The molecule has 0 atom stereocenters. The average molecular weight is 455 g/mol. The number of rotatable bonds is 12. The van der Waals surface area contributed by atoms with Crippen molar-refractivity contribution in [2.75, 3.05) is 45.8 Å². The average Bonchev–Trinajstić information content (AvgIpc) is 3.30. The molecule has 3 amide bonds. The van der Waals surface area contributed by atoms with Crippen molar-refractivity contribution in [2.45, 2.75) is 19.4 Å². The molecule has 176 valence electrons. The molecule has 2 aromatic carbocycles. The van der Waals surface area contributed by atoms with Crippen LogP contribution in [0.1, 0.15) is 29.2 Å². The molecular weight excluding hydrogens is 424 g/mol. The van der Waals surface area contributed by atoms with Gasteiger partial charge in [0, 0.05) is 45.9 Å². The van der Waals surface area contributed by atoms with E-state index < -0.39 is 0 Å². The number of ether oxygens (including phenoxy) is 2. The standard InChI is InChI=1S/C24H30N4O5/c1-31-14-6-12-25-23(29)21-17-33-22(26-21)16-28(13-7-15-32-2)24(30)27-20-11-5-9-18-8-3-4-10-19(18)20/h3-5,8-11,17H,6-7,12-16H2,1-2H3,(H,25,29)(H,27,30). The van der Waals surface area contributed by atoms with Crippen LogP contribution in [0.5, 0.6) is 0 Å². The number of nitrogens with one attached hydrogen (secondary N) is 2. The molecule has 0 bridgehead atoms. The Bertz CT molecular complexity index is 1050. The minimum absolute atomic E-state index is 0.122. The van der Waals surface area contributed by atoms with Gasteiger partial charge in [-0.15, -0.1) is 0 Å². The number of aromatic nitrogens is 1. The van der Waals surface area contributed by atoms with E-state index in [1.807, 2.05) is 42.5 Å². The van der Waals surface area contributed by atoms with E-state index in [9.17, 15) is 9.59 Å². The third-order valence-electron chi connectivity index (χ3n) is 5.02. The Morgan fingerprint density at radius 2 is 1.79 bits per heavy atom. The molecule has 33 heavy (non-hydrogen) atoms. The zero-order chi connectivity index (χ0) is 23.5. The van der Waals surface area contributed by atoms with Gasteiger partial charge in [0.2, 0.25) is 5.89 Å². The van der Waals surface area contributed by atoms with E-state index >= 15 is 0 Å². The van der Waals surface area contributed by atoms with E-state index in [2.05, 4.69) is 15.6 Å². The number of fused-ring (bicyclic) bond motifs is 1. The molecule has 0 aliphatic rings. The number of benzene rings is 2. The second kappa shape index (κ2) is 12.6. The van der Waals surface area contributed by atoms with Crippen molar-refractivity contribution < 1.29 is 23.5 Å². The molecule has 1 aromatic heterocycles. The molecule has 0 spiro atoms.